The van der Waals surface area contributed by atoms with Crippen LogP contribution in [0.3, 0.4) is 0 Å². The Morgan fingerprint density at radius 1 is 1.04 bits per heavy atom. The molecule has 23 heavy (non-hydrogen) atoms. The highest BCUT2D eigenvalue weighted by atomic mass is 16.5. The molecule has 6 heteroatoms. The SMILES string of the molecule is COc1ccc(NC(=O)c2cncc(NC(C)C)c2)cc1OC. The summed E-state index contributed by atoms with van der Waals surface area (Å²) in [5.41, 5.74) is 1.90. The van der Waals surface area contributed by atoms with Gasteiger partial charge in [0.05, 0.1) is 25.5 Å². The molecule has 6 nitrogen and oxygen atoms in total. The van der Waals surface area contributed by atoms with Crippen LogP contribution in [0.1, 0.15) is 24.2 Å². The lowest BCUT2D eigenvalue weighted by atomic mass is 10.2. The van der Waals surface area contributed by atoms with Crippen LogP contribution in [0.5, 0.6) is 11.5 Å². The van der Waals surface area contributed by atoms with Crippen LogP contribution in [-0.4, -0.2) is 31.2 Å². The van der Waals surface area contributed by atoms with E-state index in [1.165, 1.54) is 6.20 Å². The summed E-state index contributed by atoms with van der Waals surface area (Å²) in [7, 11) is 3.11. The number of hydrogen-bond donors (Lipinski definition) is 2. The van der Waals surface area contributed by atoms with E-state index < -0.39 is 0 Å². The zero-order valence-electron chi connectivity index (χ0n) is 13.7. The molecule has 0 bridgehead atoms. The van der Waals surface area contributed by atoms with Crippen molar-refractivity contribution in [3.8, 4) is 11.5 Å². The van der Waals surface area contributed by atoms with Crippen molar-refractivity contribution in [1.82, 2.24) is 4.98 Å². The first kappa shape index (κ1) is 16.6. The number of benzene rings is 1. The number of methoxy groups -OCH3 is 2. The van der Waals surface area contributed by atoms with Crippen molar-refractivity contribution in [2.24, 2.45) is 0 Å². The summed E-state index contributed by atoms with van der Waals surface area (Å²) >= 11 is 0. The van der Waals surface area contributed by atoms with Crippen molar-refractivity contribution in [3.63, 3.8) is 0 Å². The number of nitrogens with zero attached hydrogens (tertiary/aromatic N) is 1. The van der Waals surface area contributed by atoms with E-state index >= 15 is 0 Å². The fraction of sp³-hybridized carbons (Fsp3) is 0.294. The van der Waals surface area contributed by atoms with Gasteiger partial charge in [-0.25, -0.2) is 0 Å². The molecule has 0 aliphatic rings. The molecule has 0 radical (unpaired) electrons. The van der Waals surface area contributed by atoms with Crippen LogP contribution in [0.15, 0.2) is 36.7 Å². The Hall–Kier alpha value is -2.76. The van der Waals surface area contributed by atoms with Crippen LogP contribution in [0.25, 0.3) is 0 Å². The molecule has 1 aromatic heterocycles. The van der Waals surface area contributed by atoms with E-state index in [0.29, 0.717) is 22.7 Å². The van der Waals surface area contributed by atoms with Crippen molar-refractivity contribution >= 4 is 17.3 Å². The average molecular weight is 315 g/mol. The third-order valence-corrected chi connectivity index (χ3v) is 3.10. The second-order valence-corrected chi connectivity index (χ2v) is 5.29. The molecule has 0 saturated heterocycles. The summed E-state index contributed by atoms with van der Waals surface area (Å²) in [4.78, 5) is 16.4. The van der Waals surface area contributed by atoms with Crippen LogP contribution in [0.2, 0.25) is 0 Å². The summed E-state index contributed by atoms with van der Waals surface area (Å²) in [5, 5.41) is 6.04. The predicted molar refractivity (Wildman–Crippen MR) is 90.5 cm³/mol. The predicted octanol–water partition coefficient (Wildman–Crippen LogP) is 3.17. The summed E-state index contributed by atoms with van der Waals surface area (Å²) in [5.74, 6) is 0.922. The van der Waals surface area contributed by atoms with E-state index in [1.54, 1.807) is 44.7 Å². The average Bonchev–Trinajstić information content (AvgIpc) is 2.54. The standard InChI is InChI=1S/C17H21N3O3/c1-11(2)19-14-7-12(9-18-10-14)17(21)20-13-5-6-15(22-3)16(8-13)23-4/h5-11,19H,1-4H3,(H,20,21). The van der Waals surface area contributed by atoms with E-state index in [0.717, 1.165) is 5.69 Å². The van der Waals surface area contributed by atoms with Gasteiger partial charge in [0, 0.05) is 30.2 Å². The van der Waals surface area contributed by atoms with E-state index in [1.807, 2.05) is 13.8 Å². The van der Waals surface area contributed by atoms with E-state index in [2.05, 4.69) is 15.6 Å². The van der Waals surface area contributed by atoms with Crippen LogP contribution in [0, 0.1) is 0 Å². The lowest BCUT2D eigenvalue weighted by Crippen LogP contribution is -2.14. The summed E-state index contributed by atoms with van der Waals surface area (Å²) in [6.45, 7) is 4.05. The number of ether oxygens (including phenoxy) is 2. The van der Waals surface area contributed by atoms with Crippen molar-refractivity contribution in [3.05, 3.63) is 42.2 Å². The zero-order valence-corrected chi connectivity index (χ0v) is 13.7. The van der Waals surface area contributed by atoms with Gasteiger partial charge in [0.25, 0.3) is 5.91 Å². The maximum absolute atomic E-state index is 12.4. The molecule has 122 valence electrons. The van der Waals surface area contributed by atoms with Gasteiger partial charge < -0.3 is 20.1 Å². The highest BCUT2D eigenvalue weighted by molar-refractivity contribution is 6.04. The fourth-order valence-corrected chi connectivity index (χ4v) is 2.09. The van der Waals surface area contributed by atoms with Crippen molar-refractivity contribution < 1.29 is 14.3 Å². The van der Waals surface area contributed by atoms with Gasteiger partial charge in [-0.05, 0) is 32.0 Å². The van der Waals surface area contributed by atoms with E-state index in [-0.39, 0.29) is 11.9 Å². The second-order valence-electron chi connectivity index (χ2n) is 5.29. The first-order valence-electron chi connectivity index (χ1n) is 7.28. The fourth-order valence-electron chi connectivity index (χ4n) is 2.09. The normalized spacial score (nSPS) is 10.3. The van der Waals surface area contributed by atoms with Gasteiger partial charge in [0.1, 0.15) is 0 Å². The molecule has 2 rings (SSSR count). The van der Waals surface area contributed by atoms with Gasteiger partial charge in [0.15, 0.2) is 11.5 Å². The topological polar surface area (TPSA) is 72.5 Å². The number of nitrogens with one attached hydrogen (secondary N) is 2. The van der Waals surface area contributed by atoms with Gasteiger partial charge in [-0.1, -0.05) is 0 Å². The van der Waals surface area contributed by atoms with Gasteiger partial charge in [-0.3, -0.25) is 9.78 Å². The maximum atomic E-state index is 12.4. The third-order valence-electron chi connectivity index (χ3n) is 3.10. The molecule has 0 saturated carbocycles. The molecule has 0 aliphatic carbocycles. The van der Waals surface area contributed by atoms with Crippen molar-refractivity contribution in [2.45, 2.75) is 19.9 Å². The van der Waals surface area contributed by atoms with Crippen LogP contribution >= 0.6 is 0 Å². The summed E-state index contributed by atoms with van der Waals surface area (Å²) in [6, 6.07) is 7.23. The van der Waals surface area contributed by atoms with Crippen LogP contribution < -0.4 is 20.1 Å². The Balaban J connectivity index is 2.15. The number of carbonyl (C=O) groups excluding carboxylic acids is 1. The minimum Gasteiger partial charge on any atom is -0.493 e. The van der Waals surface area contributed by atoms with Gasteiger partial charge in [-0.2, -0.15) is 0 Å². The van der Waals surface area contributed by atoms with Gasteiger partial charge in [0.2, 0.25) is 0 Å². The Bertz CT molecular complexity index is 687. The number of rotatable bonds is 6. The lowest BCUT2D eigenvalue weighted by molar-refractivity contribution is 0.102. The molecule has 1 heterocycles. The highest BCUT2D eigenvalue weighted by Gasteiger charge is 2.10. The smallest absolute Gasteiger partial charge is 0.257 e. The van der Waals surface area contributed by atoms with E-state index in [4.69, 9.17) is 9.47 Å². The lowest BCUT2D eigenvalue weighted by Gasteiger charge is -2.12. The van der Waals surface area contributed by atoms with Gasteiger partial charge >= 0.3 is 0 Å². The molecule has 2 aromatic rings. The minimum absolute atomic E-state index is 0.239. The maximum Gasteiger partial charge on any atom is 0.257 e. The monoisotopic (exact) mass is 315 g/mol. The summed E-state index contributed by atoms with van der Waals surface area (Å²) in [6.07, 6.45) is 3.22. The van der Waals surface area contributed by atoms with Crippen molar-refractivity contribution in [1.29, 1.82) is 0 Å². The molecule has 0 aliphatic heterocycles. The first-order valence-corrected chi connectivity index (χ1v) is 7.28. The number of hydrogen-bond acceptors (Lipinski definition) is 5. The summed E-state index contributed by atoms with van der Waals surface area (Å²) < 4.78 is 10.4. The zero-order chi connectivity index (χ0) is 16.8. The molecular formula is C17H21N3O3. The Morgan fingerprint density at radius 3 is 2.43 bits per heavy atom. The molecule has 0 atom stereocenters. The van der Waals surface area contributed by atoms with Crippen molar-refractivity contribution in [2.75, 3.05) is 24.9 Å². The number of anilines is 2. The number of amides is 1. The Labute approximate surface area is 135 Å². The molecule has 1 amide bonds. The number of aromatic nitrogens is 1. The number of pyridine rings is 1. The highest BCUT2D eigenvalue weighted by Crippen LogP contribution is 2.29. The molecule has 2 N–H and O–H groups in total. The van der Waals surface area contributed by atoms with E-state index in [9.17, 15) is 4.79 Å². The first-order chi connectivity index (χ1) is 11.0. The molecule has 0 unspecified atom stereocenters. The Kier molecular flexibility index (Phi) is 5.41. The third kappa shape index (κ3) is 4.35. The Morgan fingerprint density at radius 2 is 1.78 bits per heavy atom. The second kappa shape index (κ2) is 7.49. The van der Waals surface area contributed by atoms with Gasteiger partial charge in [-0.15, -0.1) is 0 Å². The molecular weight excluding hydrogens is 294 g/mol. The quantitative estimate of drug-likeness (QED) is 0.856. The van der Waals surface area contributed by atoms with Crippen LogP contribution in [-0.2, 0) is 0 Å². The number of carbonyl (C=O) groups is 1. The minimum atomic E-state index is -0.239. The molecule has 1 aromatic carbocycles. The molecule has 0 fully saturated rings. The molecule has 0 spiro atoms. The largest absolute Gasteiger partial charge is 0.493 e. The van der Waals surface area contributed by atoms with Crippen LogP contribution in [0.4, 0.5) is 11.4 Å².